The minimum absolute atomic E-state index is 0.0190. The van der Waals surface area contributed by atoms with Gasteiger partial charge in [-0.05, 0) is 101 Å². The van der Waals surface area contributed by atoms with Crippen LogP contribution in [0.1, 0.15) is 94.1 Å². The lowest BCUT2D eigenvalue weighted by atomic mass is 9.84. The number of fused-ring (bicyclic) bond motifs is 3. The number of ether oxygens (including phenoxy) is 2. The first-order valence-electron chi connectivity index (χ1n) is 18.9. The summed E-state index contributed by atoms with van der Waals surface area (Å²) in [6.45, 7) is 5.66. The maximum Gasteiger partial charge on any atom is 0.407 e. The van der Waals surface area contributed by atoms with Gasteiger partial charge in [-0.1, -0.05) is 30.3 Å². The van der Waals surface area contributed by atoms with Crippen LogP contribution in [0.2, 0.25) is 0 Å². The van der Waals surface area contributed by atoms with Crippen LogP contribution in [0.15, 0.2) is 77.2 Å². The van der Waals surface area contributed by atoms with Crippen LogP contribution in [0.4, 0.5) is 16.4 Å². The number of phenolic OH excluding ortho intramolecular Hbond substituents is 1. The first kappa shape index (κ1) is 39.4. The van der Waals surface area contributed by atoms with E-state index in [1.165, 1.54) is 18.2 Å². The number of nitrogens with zero attached hydrogens (tertiary/aromatic N) is 6. The number of aromatic hydroxyl groups is 1. The minimum Gasteiger partial charge on any atom is -0.507 e. The topological polar surface area (TPSA) is 209 Å². The molecule has 0 saturated heterocycles. The van der Waals surface area contributed by atoms with Crippen LogP contribution in [0.25, 0.3) is 22.1 Å². The van der Waals surface area contributed by atoms with Gasteiger partial charge in [-0.3, -0.25) is 4.79 Å². The SMILES string of the molecule is CC(C)(C)OC(=O)NCCCC[C@@H](NC(=O)c1cc(/N=N/c2nc3cnc4[nH]ccc4c3n2C2CCC(CC#N)CC2)ccc1O)C(=O)OCc1ccccc1. The summed E-state index contributed by atoms with van der Waals surface area (Å²) in [5.74, 6) is -0.903. The maximum absolute atomic E-state index is 13.7. The Morgan fingerprint density at radius 3 is 2.61 bits per heavy atom. The number of benzene rings is 2. The highest BCUT2D eigenvalue weighted by Gasteiger charge is 2.28. The molecule has 0 unspecified atom stereocenters. The van der Waals surface area contributed by atoms with E-state index >= 15 is 0 Å². The number of pyridine rings is 1. The first-order valence-corrected chi connectivity index (χ1v) is 18.9. The third kappa shape index (κ3) is 10.1. The van der Waals surface area contributed by atoms with Gasteiger partial charge >= 0.3 is 12.1 Å². The number of unbranched alkanes of at least 4 members (excludes halogenated alkanes) is 1. The number of aromatic nitrogens is 4. The predicted molar refractivity (Wildman–Crippen MR) is 208 cm³/mol. The smallest absolute Gasteiger partial charge is 0.407 e. The highest BCUT2D eigenvalue weighted by molar-refractivity contribution is 6.02. The molecule has 0 spiro atoms. The molecule has 0 aliphatic heterocycles. The van der Waals surface area contributed by atoms with E-state index in [0.29, 0.717) is 43.2 Å². The fourth-order valence-electron chi connectivity index (χ4n) is 6.90. The standard InChI is InChI=1S/C41H47N9O6/c1-41(2,3)56-40(54)44-21-8-7-11-32(38(53)55-25-27-9-5-4-6-10-27)46-37(52)31-23-28(14-17-34(31)51)48-49-39-47-33-24-45-36-30(19-22-43-36)35(33)50(39)29-15-12-26(13-16-29)18-20-42/h4-6,9-10,14,17,19,22-24,26,29,32,51H,7-8,11-13,15-16,18,21,25H2,1-3H3,(H,43,45)(H,44,54)(H,46,52)/b49-48+/t26?,29?,32-/m1/s1. The third-order valence-corrected chi connectivity index (χ3v) is 9.66. The van der Waals surface area contributed by atoms with Crippen molar-refractivity contribution in [3.8, 4) is 11.8 Å². The number of carbonyl (C=O) groups is 3. The molecule has 5 aromatic rings. The summed E-state index contributed by atoms with van der Waals surface area (Å²) >= 11 is 0. The van der Waals surface area contributed by atoms with Crippen molar-refractivity contribution in [1.82, 2.24) is 30.2 Å². The number of aromatic amines is 1. The molecule has 3 heterocycles. The van der Waals surface area contributed by atoms with Gasteiger partial charge in [0.2, 0.25) is 0 Å². The molecule has 3 aromatic heterocycles. The van der Waals surface area contributed by atoms with Crippen molar-refractivity contribution in [3.05, 3.63) is 78.1 Å². The van der Waals surface area contributed by atoms with E-state index in [4.69, 9.17) is 14.5 Å². The molecule has 1 fully saturated rings. The fourth-order valence-corrected chi connectivity index (χ4v) is 6.90. The summed E-state index contributed by atoms with van der Waals surface area (Å²) in [5.41, 5.74) is 2.64. The second-order valence-electron chi connectivity index (χ2n) is 15.0. The molecule has 1 atom stereocenters. The summed E-state index contributed by atoms with van der Waals surface area (Å²) in [6.07, 6.45) is 8.26. The molecule has 15 heteroatoms. The van der Waals surface area contributed by atoms with Crippen molar-refractivity contribution in [2.24, 2.45) is 16.1 Å². The Labute approximate surface area is 324 Å². The van der Waals surface area contributed by atoms with Crippen molar-refractivity contribution in [3.63, 3.8) is 0 Å². The Kier molecular flexibility index (Phi) is 12.6. The van der Waals surface area contributed by atoms with Gasteiger partial charge in [-0.2, -0.15) is 5.26 Å². The van der Waals surface area contributed by atoms with Gasteiger partial charge in [0.15, 0.2) is 0 Å². The van der Waals surface area contributed by atoms with Crippen molar-refractivity contribution in [2.45, 2.75) is 96.4 Å². The van der Waals surface area contributed by atoms with Crippen molar-refractivity contribution in [2.75, 3.05) is 6.54 Å². The van der Waals surface area contributed by atoms with Crippen LogP contribution < -0.4 is 10.6 Å². The molecule has 6 rings (SSSR count). The van der Waals surface area contributed by atoms with Crippen LogP contribution in [0.3, 0.4) is 0 Å². The highest BCUT2D eigenvalue weighted by atomic mass is 16.6. The molecule has 2 amide bonds. The second kappa shape index (κ2) is 17.9. The zero-order valence-corrected chi connectivity index (χ0v) is 31.8. The van der Waals surface area contributed by atoms with Crippen LogP contribution in [-0.4, -0.2) is 60.8 Å². The molecular formula is C41H47N9O6. The quantitative estimate of drug-likeness (QED) is 0.0487. The number of imidazole rings is 1. The zero-order valence-electron chi connectivity index (χ0n) is 31.8. The van der Waals surface area contributed by atoms with Crippen molar-refractivity contribution in [1.29, 1.82) is 5.26 Å². The number of alkyl carbamates (subject to hydrolysis) is 1. The molecule has 292 valence electrons. The molecule has 56 heavy (non-hydrogen) atoms. The summed E-state index contributed by atoms with van der Waals surface area (Å²) in [4.78, 5) is 51.5. The van der Waals surface area contributed by atoms with Crippen LogP contribution in [0.5, 0.6) is 5.75 Å². The van der Waals surface area contributed by atoms with Crippen LogP contribution >= 0.6 is 0 Å². The maximum atomic E-state index is 13.7. The predicted octanol–water partition coefficient (Wildman–Crippen LogP) is 8.22. The fraction of sp³-hybridized carbons (Fsp3) is 0.415. The molecule has 1 aliphatic carbocycles. The number of nitriles is 1. The number of esters is 1. The van der Waals surface area contributed by atoms with Gasteiger partial charge in [0.25, 0.3) is 11.9 Å². The van der Waals surface area contributed by atoms with E-state index < -0.39 is 29.6 Å². The van der Waals surface area contributed by atoms with Gasteiger partial charge in [0.05, 0.1) is 29.0 Å². The van der Waals surface area contributed by atoms with E-state index in [1.54, 1.807) is 27.0 Å². The zero-order chi connectivity index (χ0) is 39.7. The molecule has 4 N–H and O–H groups in total. The summed E-state index contributed by atoms with van der Waals surface area (Å²) in [7, 11) is 0. The number of hydrogen-bond acceptors (Lipinski definition) is 11. The number of nitrogens with one attached hydrogen (secondary N) is 3. The van der Waals surface area contributed by atoms with E-state index in [-0.39, 0.29) is 36.1 Å². The van der Waals surface area contributed by atoms with Crippen LogP contribution in [0, 0.1) is 17.2 Å². The largest absolute Gasteiger partial charge is 0.507 e. The average molecular weight is 762 g/mol. The molecule has 2 aromatic carbocycles. The molecule has 15 nitrogen and oxygen atoms in total. The summed E-state index contributed by atoms with van der Waals surface area (Å²) < 4.78 is 13.0. The average Bonchev–Trinajstić information content (AvgIpc) is 3.81. The van der Waals surface area contributed by atoms with E-state index in [2.05, 4.69) is 41.5 Å². The van der Waals surface area contributed by atoms with Crippen molar-refractivity contribution >= 4 is 51.7 Å². The Bertz CT molecular complexity index is 2230. The van der Waals surface area contributed by atoms with Gasteiger partial charge in [0.1, 0.15) is 35.2 Å². The summed E-state index contributed by atoms with van der Waals surface area (Å²) in [5, 5.41) is 35.4. The second-order valence-corrected chi connectivity index (χ2v) is 15.0. The Balaban J connectivity index is 1.19. The third-order valence-electron chi connectivity index (χ3n) is 9.66. The Morgan fingerprint density at radius 2 is 1.86 bits per heavy atom. The van der Waals surface area contributed by atoms with Crippen LogP contribution in [-0.2, 0) is 20.9 Å². The van der Waals surface area contributed by atoms with Crippen molar-refractivity contribution < 1.29 is 29.0 Å². The Morgan fingerprint density at radius 1 is 1.07 bits per heavy atom. The summed E-state index contributed by atoms with van der Waals surface area (Å²) in [6, 6.07) is 16.8. The van der Waals surface area contributed by atoms with E-state index in [9.17, 15) is 24.8 Å². The number of phenols is 1. The lowest BCUT2D eigenvalue weighted by Gasteiger charge is -2.29. The Hall–Kier alpha value is -6.30. The first-order chi connectivity index (χ1) is 27.0. The minimum atomic E-state index is -1.04. The molecule has 1 saturated carbocycles. The van der Waals surface area contributed by atoms with E-state index in [0.717, 1.165) is 47.8 Å². The lowest BCUT2D eigenvalue weighted by Crippen LogP contribution is -2.42. The van der Waals surface area contributed by atoms with Gasteiger partial charge in [0, 0.05) is 30.6 Å². The number of azo groups is 1. The van der Waals surface area contributed by atoms with Gasteiger partial charge in [-0.25, -0.2) is 19.6 Å². The monoisotopic (exact) mass is 761 g/mol. The lowest BCUT2D eigenvalue weighted by molar-refractivity contribution is -0.147. The number of H-pyrrole nitrogens is 1. The van der Waals surface area contributed by atoms with E-state index in [1.807, 2.05) is 42.6 Å². The normalized spacial score (nSPS) is 16.4. The van der Waals surface area contributed by atoms with Gasteiger partial charge < -0.3 is 34.8 Å². The molecule has 1 aliphatic rings. The number of carbonyl (C=O) groups excluding carboxylic acids is 3. The number of amides is 2. The number of hydrogen-bond donors (Lipinski definition) is 4. The van der Waals surface area contributed by atoms with Gasteiger partial charge in [-0.15, -0.1) is 10.2 Å². The number of rotatable bonds is 14. The highest BCUT2D eigenvalue weighted by Crippen LogP contribution is 2.40. The molecule has 0 bridgehead atoms. The molecule has 0 radical (unpaired) electrons. The molecular weight excluding hydrogens is 715 g/mol.